The molecule has 3 rings (SSSR count). The zero-order valence-electron chi connectivity index (χ0n) is 16.8. The molecule has 6 nitrogen and oxygen atoms in total. The zero-order valence-corrected chi connectivity index (χ0v) is 17.7. The summed E-state index contributed by atoms with van der Waals surface area (Å²) in [5.74, 6) is 0.0958. The average molecular weight is 416 g/mol. The molecule has 1 aliphatic heterocycles. The van der Waals surface area contributed by atoms with Crippen LogP contribution in [0.5, 0.6) is 5.75 Å². The van der Waals surface area contributed by atoms with Crippen molar-refractivity contribution >= 4 is 22.1 Å². The molecule has 0 aliphatic carbocycles. The van der Waals surface area contributed by atoms with Crippen molar-refractivity contribution in [3.8, 4) is 5.75 Å². The van der Waals surface area contributed by atoms with Gasteiger partial charge in [-0.1, -0.05) is 24.3 Å². The van der Waals surface area contributed by atoms with E-state index in [4.69, 9.17) is 9.47 Å². The summed E-state index contributed by atoms with van der Waals surface area (Å²) in [5, 5.41) is 0. The molecule has 0 aromatic heterocycles. The Bertz CT molecular complexity index is 1020. The lowest BCUT2D eigenvalue weighted by Crippen LogP contribution is -2.40. The predicted octanol–water partition coefficient (Wildman–Crippen LogP) is 3.25. The highest BCUT2D eigenvalue weighted by Gasteiger charge is 2.25. The van der Waals surface area contributed by atoms with Gasteiger partial charge in [-0.3, -0.25) is 0 Å². The fourth-order valence-electron chi connectivity index (χ4n) is 3.07. The minimum absolute atomic E-state index is 0.227. The first-order valence-electron chi connectivity index (χ1n) is 9.43. The summed E-state index contributed by atoms with van der Waals surface area (Å²) in [5.41, 5.74) is 3.59. The first kappa shape index (κ1) is 21.2. The Morgan fingerprint density at radius 1 is 1.00 bits per heavy atom. The lowest BCUT2D eigenvalue weighted by molar-refractivity contribution is -0.129. The zero-order chi connectivity index (χ0) is 21.0. The minimum atomic E-state index is -3.53. The number of sulfonamides is 1. The molecule has 1 fully saturated rings. The smallest absolute Gasteiger partial charge is 0.336 e. The summed E-state index contributed by atoms with van der Waals surface area (Å²) in [6, 6.07) is 10.3. The number of nitrogens with zero attached hydrogens (tertiary/aromatic N) is 1. The standard InChI is InChI=1S/C22H25NO5S/c1-16-4-5-17(2)22(18(16)3)28-21(24)11-8-19-6-9-20(10-7-19)29(25,26)23-12-14-27-15-13-23/h4-11H,12-15H2,1-3H3. The molecule has 0 unspecified atom stereocenters. The topological polar surface area (TPSA) is 72.9 Å². The molecular formula is C22H25NO5S. The highest BCUT2D eigenvalue weighted by molar-refractivity contribution is 7.89. The fraction of sp³-hybridized carbons (Fsp3) is 0.318. The molecule has 0 saturated carbocycles. The van der Waals surface area contributed by atoms with E-state index in [1.54, 1.807) is 30.3 Å². The molecule has 0 N–H and O–H groups in total. The largest absolute Gasteiger partial charge is 0.423 e. The van der Waals surface area contributed by atoms with E-state index in [0.29, 0.717) is 37.6 Å². The number of hydrogen-bond donors (Lipinski definition) is 0. The van der Waals surface area contributed by atoms with E-state index >= 15 is 0 Å². The van der Waals surface area contributed by atoms with Crippen molar-refractivity contribution in [3.05, 3.63) is 64.7 Å². The molecule has 7 heteroatoms. The van der Waals surface area contributed by atoms with Crippen LogP contribution >= 0.6 is 0 Å². The SMILES string of the molecule is Cc1ccc(C)c(OC(=O)C=Cc2ccc(S(=O)(=O)N3CCOCC3)cc2)c1C. The van der Waals surface area contributed by atoms with Crippen LogP contribution in [0.3, 0.4) is 0 Å². The summed E-state index contributed by atoms with van der Waals surface area (Å²) < 4.78 is 37.4. The van der Waals surface area contributed by atoms with Crippen molar-refractivity contribution in [1.82, 2.24) is 4.31 Å². The molecule has 2 aromatic rings. The number of aryl methyl sites for hydroxylation is 2. The predicted molar refractivity (Wildman–Crippen MR) is 111 cm³/mol. The number of carbonyl (C=O) groups is 1. The molecule has 0 amide bonds. The van der Waals surface area contributed by atoms with Crippen molar-refractivity contribution in [3.63, 3.8) is 0 Å². The van der Waals surface area contributed by atoms with Gasteiger partial charge in [-0.05, 0) is 61.2 Å². The third-order valence-electron chi connectivity index (χ3n) is 4.98. The van der Waals surface area contributed by atoms with Crippen LogP contribution in [0.4, 0.5) is 0 Å². The number of benzene rings is 2. The number of morpholine rings is 1. The molecule has 1 aliphatic rings. The fourth-order valence-corrected chi connectivity index (χ4v) is 4.48. The summed E-state index contributed by atoms with van der Waals surface area (Å²) in [4.78, 5) is 12.4. The van der Waals surface area contributed by atoms with Crippen LogP contribution in [0, 0.1) is 20.8 Å². The van der Waals surface area contributed by atoms with Gasteiger partial charge in [0.25, 0.3) is 0 Å². The minimum Gasteiger partial charge on any atom is -0.423 e. The van der Waals surface area contributed by atoms with E-state index in [2.05, 4.69) is 0 Å². The Morgan fingerprint density at radius 2 is 1.62 bits per heavy atom. The highest BCUT2D eigenvalue weighted by Crippen LogP contribution is 2.26. The second kappa shape index (κ2) is 8.90. The van der Waals surface area contributed by atoms with Gasteiger partial charge in [-0.15, -0.1) is 0 Å². The molecule has 0 bridgehead atoms. The van der Waals surface area contributed by atoms with Gasteiger partial charge in [-0.2, -0.15) is 4.31 Å². The first-order chi connectivity index (χ1) is 13.8. The van der Waals surface area contributed by atoms with E-state index in [1.807, 2.05) is 32.9 Å². The molecule has 29 heavy (non-hydrogen) atoms. The van der Waals surface area contributed by atoms with Gasteiger partial charge >= 0.3 is 5.97 Å². The van der Waals surface area contributed by atoms with E-state index < -0.39 is 16.0 Å². The Kier molecular flexibility index (Phi) is 6.52. The maximum atomic E-state index is 12.6. The summed E-state index contributed by atoms with van der Waals surface area (Å²) in [6.45, 7) is 7.30. The van der Waals surface area contributed by atoms with Crippen molar-refractivity contribution in [2.24, 2.45) is 0 Å². The second-order valence-corrected chi connectivity index (χ2v) is 8.93. The number of esters is 1. The van der Waals surface area contributed by atoms with Crippen LogP contribution in [0.15, 0.2) is 47.4 Å². The molecular weight excluding hydrogens is 390 g/mol. The lowest BCUT2D eigenvalue weighted by Gasteiger charge is -2.26. The number of hydrogen-bond acceptors (Lipinski definition) is 5. The summed E-state index contributed by atoms with van der Waals surface area (Å²) in [7, 11) is -3.53. The summed E-state index contributed by atoms with van der Waals surface area (Å²) in [6.07, 6.45) is 2.95. The van der Waals surface area contributed by atoms with Crippen LogP contribution in [0.25, 0.3) is 6.08 Å². The van der Waals surface area contributed by atoms with Crippen LogP contribution in [-0.2, 0) is 19.6 Å². The normalized spacial score (nSPS) is 15.6. The highest BCUT2D eigenvalue weighted by atomic mass is 32.2. The molecule has 1 heterocycles. The molecule has 154 valence electrons. The molecule has 2 aromatic carbocycles. The first-order valence-corrected chi connectivity index (χ1v) is 10.9. The Balaban J connectivity index is 1.69. The monoisotopic (exact) mass is 415 g/mol. The Hall–Kier alpha value is -2.48. The number of ether oxygens (including phenoxy) is 2. The molecule has 0 radical (unpaired) electrons. The van der Waals surface area contributed by atoms with Crippen LogP contribution in [-0.4, -0.2) is 45.0 Å². The van der Waals surface area contributed by atoms with Crippen molar-refractivity contribution < 1.29 is 22.7 Å². The average Bonchev–Trinajstić information content (AvgIpc) is 2.73. The lowest BCUT2D eigenvalue weighted by atomic mass is 10.1. The summed E-state index contributed by atoms with van der Waals surface area (Å²) >= 11 is 0. The Morgan fingerprint density at radius 3 is 2.28 bits per heavy atom. The van der Waals surface area contributed by atoms with Gasteiger partial charge in [0.2, 0.25) is 10.0 Å². The van der Waals surface area contributed by atoms with Crippen molar-refractivity contribution in [2.75, 3.05) is 26.3 Å². The van der Waals surface area contributed by atoms with Crippen molar-refractivity contribution in [2.45, 2.75) is 25.7 Å². The maximum Gasteiger partial charge on any atom is 0.336 e. The third-order valence-corrected chi connectivity index (χ3v) is 6.89. The van der Waals surface area contributed by atoms with E-state index in [0.717, 1.165) is 16.7 Å². The molecule has 1 saturated heterocycles. The second-order valence-electron chi connectivity index (χ2n) is 6.99. The third kappa shape index (κ3) is 4.93. The maximum absolute atomic E-state index is 12.6. The van der Waals surface area contributed by atoms with Crippen LogP contribution < -0.4 is 4.74 Å². The number of carbonyl (C=O) groups excluding carboxylic acids is 1. The van der Waals surface area contributed by atoms with Crippen LogP contribution in [0.2, 0.25) is 0 Å². The van der Waals surface area contributed by atoms with Gasteiger partial charge in [0.05, 0.1) is 18.1 Å². The van der Waals surface area contributed by atoms with Crippen molar-refractivity contribution in [1.29, 1.82) is 0 Å². The van der Waals surface area contributed by atoms with Gasteiger partial charge in [0, 0.05) is 19.2 Å². The number of rotatable bonds is 5. The van der Waals surface area contributed by atoms with Crippen LogP contribution in [0.1, 0.15) is 22.3 Å². The molecule has 0 spiro atoms. The van der Waals surface area contributed by atoms with E-state index in [1.165, 1.54) is 10.4 Å². The van der Waals surface area contributed by atoms with E-state index in [-0.39, 0.29) is 4.90 Å². The van der Waals surface area contributed by atoms with Gasteiger partial charge in [0.1, 0.15) is 5.75 Å². The quantitative estimate of drug-likeness (QED) is 0.426. The molecule has 0 atom stereocenters. The van der Waals surface area contributed by atoms with E-state index in [9.17, 15) is 13.2 Å². The van der Waals surface area contributed by atoms with Gasteiger partial charge in [-0.25, -0.2) is 13.2 Å². The van der Waals surface area contributed by atoms with Gasteiger partial charge < -0.3 is 9.47 Å². The van der Waals surface area contributed by atoms with Gasteiger partial charge in [0.15, 0.2) is 0 Å². The Labute approximate surface area is 171 Å².